The molecule has 1 amide bonds. The van der Waals surface area contributed by atoms with Gasteiger partial charge in [-0.05, 0) is 55.0 Å². The molecule has 0 bridgehead atoms. The van der Waals surface area contributed by atoms with E-state index in [0.717, 1.165) is 5.56 Å². The molecule has 0 aliphatic heterocycles. The SMILES string of the molecule is CCOc1ccc(/C=C/C(=O)Nc2ccc(C(=O)OCCOC)cc2)cc1OC. The van der Waals surface area contributed by atoms with Crippen LogP contribution in [0, 0.1) is 0 Å². The van der Waals surface area contributed by atoms with Gasteiger partial charge in [0.1, 0.15) is 6.61 Å². The third-order valence-corrected chi connectivity index (χ3v) is 3.82. The highest BCUT2D eigenvalue weighted by Crippen LogP contribution is 2.28. The molecule has 0 unspecified atom stereocenters. The van der Waals surface area contributed by atoms with Crippen LogP contribution >= 0.6 is 0 Å². The molecule has 0 spiro atoms. The number of benzene rings is 2. The lowest BCUT2D eigenvalue weighted by Crippen LogP contribution is -2.11. The third-order valence-electron chi connectivity index (χ3n) is 3.82. The van der Waals surface area contributed by atoms with Gasteiger partial charge in [0, 0.05) is 18.9 Å². The van der Waals surface area contributed by atoms with Gasteiger partial charge < -0.3 is 24.3 Å². The summed E-state index contributed by atoms with van der Waals surface area (Å²) in [5.41, 5.74) is 1.77. The molecule has 1 N–H and O–H groups in total. The summed E-state index contributed by atoms with van der Waals surface area (Å²) < 4.78 is 20.6. The first-order chi connectivity index (χ1) is 14.1. The van der Waals surface area contributed by atoms with Crippen molar-refractivity contribution in [3.63, 3.8) is 0 Å². The Bertz CT molecular complexity index is 845. The van der Waals surface area contributed by atoms with E-state index in [1.54, 1.807) is 49.6 Å². The van der Waals surface area contributed by atoms with E-state index in [2.05, 4.69) is 5.32 Å². The van der Waals surface area contributed by atoms with Crippen LogP contribution in [0.3, 0.4) is 0 Å². The topological polar surface area (TPSA) is 83.1 Å². The van der Waals surface area contributed by atoms with Crippen molar-refractivity contribution >= 4 is 23.6 Å². The largest absolute Gasteiger partial charge is 0.493 e. The number of hydrogen-bond acceptors (Lipinski definition) is 6. The number of ether oxygens (including phenoxy) is 4. The van der Waals surface area contributed by atoms with E-state index in [-0.39, 0.29) is 12.5 Å². The second-order valence-electron chi connectivity index (χ2n) is 5.87. The van der Waals surface area contributed by atoms with Gasteiger partial charge in [-0.25, -0.2) is 4.79 Å². The molecule has 0 aliphatic rings. The van der Waals surface area contributed by atoms with E-state index in [1.807, 2.05) is 13.0 Å². The second kappa shape index (κ2) is 11.5. The molecule has 0 radical (unpaired) electrons. The highest BCUT2D eigenvalue weighted by Gasteiger charge is 2.08. The highest BCUT2D eigenvalue weighted by molar-refractivity contribution is 6.02. The third kappa shape index (κ3) is 6.97. The molecular formula is C22H25NO6. The summed E-state index contributed by atoms with van der Waals surface area (Å²) in [5.74, 6) is 0.511. The Balaban J connectivity index is 1.94. The fraction of sp³-hybridized carbons (Fsp3) is 0.273. The summed E-state index contributed by atoms with van der Waals surface area (Å²) in [6.07, 6.45) is 3.09. The zero-order valence-electron chi connectivity index (χ0n) is 16.8. The van der Waals surface area contributed by atoms with Crippen molar-refractivity contribution in [3.05, 3.63) is 59.7 Å². The fourth-order valence-corrected chi connectivity index (χ4v) is 2.41. The monoisotopic (exact) mass is 399 g/mol. The molecule has 0 aliphatic carbocycles. The maximum absolute atomic E-state index is 12.1. The number of carbonyl (C=O) groups excluding carboxylic acids is 2. The fourth-order valence-electron chi connectivity index (χ4n) is 2.41. The van der Waals surface area contributed by atoms with E-state index in [9.17, 15) is 9.59 Å². The minimum absolute atomic E-state index is 0.189. The average Bonchev–Trinajstić information content (AvgIpc) is 2.73. The average molecular weight is 399 g/mol. The molecule has 2 aromatic rings. The summed E-state index contributed by atoms with van der Waals surface area (Å²) >= 11 is 0. The van der Waals surface area contributed by atoms with Crippen molar-refractivity contribution in [2.75, 3.05) is 39.4 Å². The van der Waals surface area contributed by atoms with E-state index < -0.39 is 5.97 Å². The van der Waals surface area contributed by atoms with Crippen LogP contribution in [0.15, 0.2) is 48.5 Å². The first-order valence-electron chi connectivity index (χ1n) is 9.13. The summed E-state index contributed by atoms with van der Waals surface area (Å²) in [6.45, 7) is 2.97. The summed E-state index contributed by atoms with van der Waals surface area (Å²) in [5, 5.41) is 2.74. The van der Waals surface area contributed by atoms with Gasteiger partial charge in [0.05, 0.1) is 25.9 Å². The molecular weight excluding hydrogens is 374 g/mol. The number of hydrogen-bond donors (Lipinski definition) is 1. The van der Waals surface area contributed by atoms with Crippen LogP contribution in [0.1, 0.15) is 22.8 Å². The lowest BCUT2D eigenvalue weighted by molar-refractivity contribution is -0.111. The normalized spacial score (nSPS) is 10.6. The first-order valence-corrected chi connectivity index (χ1v) is 9.13. The van der Waals surface area contributed by atoms with Gasteiger partial charge in [0.25, 0.3) is 0 Å². The van der Waals surface area contributed by atoms with Crippen molar-refractivity contribution in [2.24, 2.45) is 0 Å². The molecule has 2 aromatic carbocycles. The van der Waals surface area contributed by atoms with Gasteiger partial charge in [-0.2, -0.15) is 0 Å². The van der Waals surface area contributed by atoms with Gasteiger partial charge in [-0.15, -0.1) is 0 Å². The van der Waals surface area contributed by atoms with Crippen LogP contribution in [0.2, 0.25) is 0 Å². The number of amides is 1. The molecule has 154 valence electrons. The zero-order valence-corrected chi connectivity index (χ0v) is 16.8. The number of anilines is 1. The standard InChI is InChI=1S/C22H25NO6/c1-4-28-19-11-5-16(15-20(19)27-3)6-12-21(24)23-18-9-7-17(8-10-18)22(25)29-14-13-26-2/h5-12,15H,4,13-14H2,1-3H3,(H,23,24)/b12-6+. The minimum Gasteiger partial charge on any atom is -0.493 e. The van der Waals surface area contributed by atoms with Crippen molar-refractivity contribution in [2.45, 2.75) is 6.92 Å². The maximum atomic E-state index is 12.1. The predicted octanol–water partition coefficient (Wildman–Crippen LogP) is 3.55. The molecule has 0 atom stereocenters. The number of carbonyl (C=O) groups is 2. The van der Waals surface area contributed by atoms with Crippen LogP contribution in [0.4, 0.5) is 5.69 Å². The van der Waals surface area contributed by atoms with E-state index in [1.165, 1.54) is 13.2 Å². The van der Waals surface area contributed by atoms with Gasteiger partial charge in [-0.3, -0.25) is 4.79 Å². The van der Waals surface area contributed by atoms with Crippen LogP contribution in [0.25, 0.3) is 6.08 Å². The van der Waals surface area contributed by atoms with Crippen molar-refractivity contribution in [1.82, 2.24) is 0 Å². The number of esters is 1. The van der Waals surface area contributed by atoms with Gasteiger partial charge >= 0.3 is 5.97 Å². The number of methoxy groups -OCH3 is 2. The minimum atomic E-state index is -0.440. The molecule has 0 saturated carbocycles. The molecule has 0 saturated heterocycles. The molecule has 0 heterocycles. The summed E-state index contributed by atoms with van der Waals surface area (Å²) in [4.78, 5) is 24.0. The maximum Gasteiger partial charge on any atom is 0.338 e. The van der Waals surface area contributed by atoms with Crippen LogP contribution in [0.5, 0.6) is 11.5 Å². The van der Waals surface area contributed by atoms with E-state index >= 15 is 0 Å². The van der Waals surface area contributed by atoms with Crippen LogP contribution < -0.4 is 14.8 Å². The van der Waals surface area contributed by atoms with Crippen molar-refractivity contribution < 1.29 is 28.5 Å². The lowest BCUT2D eigenvalue weighted by atomic mass is 10.2. The second-order valence-corrected chi connectivity index (χ2v) is 5.87. The Labute approximate surface area is 170 Å². The Hall–Kier alpha value is -3.32. The Morgan fingerprint density at radius 2 is 1.76 bits per heavy atom. The molecule has 0 fully saturated rings. The Morgan fingerprint density at radius 3 is 2.41 bits per heavy atom. The highest BCUT2D eigenvalue weighted by atomic mass is 16.6. The Morgan fingerprint density at radius 1 is 1.00 bits per heavy atom. The smallest absolute Gasteiger partial charge is 0.338 e. The number of nitrogens with one attached hydrogen (secondary N) is 1. The van der Waals surface area contributed by atoms with Gasteiger partial charge in [0.2, 0.25) is 5.91 Å². The van der Waals surface area contributed by atoms with Crippen LogP contribution in [-0.4, -0.2) is 45.9 Å². The molecule has 7 nitrogen and oxygen atoms in total. The quantitative estimate of drug-likeness (QED) is 0.374. The van der Waals surface area contributed by atoms with E-state index in [4.69, 9.17) is 18.9 Å². The molecule has 7 heteroatoms. The van der Waals surface area contributed by atoms with Crippen molar-refractivity contribution in [3.8, 4) is 11.5 Å². The van der Waals surface area contributed by atoms with Crippen molar-refractivity contribution in [1.29, 1.82) is 0 Å². The zero-order chi connectivity index (χ0) is 21.1. The predicted molar refractivity (Wildman–Crippen MR) is 110 cm³/mol. The molecule has 2 rings (SSSR count). The summed E-state index contributed by atoms with van der Waals surface area (Å²) in [6, 6.07) is 11.9. The first kappa shape index (κ1) is 22.0. The van der Waals surface area contributed by atoms with Gasteiger partial charge in [0.15, 0.2) is 11.5 Å². The van der Waals surface area contributed by atoms with E-state index in [0.29, 0.717) is 36.0 Å². The van der Waals surface area contributed by atoms with Gasteiger partial charge in [-0.1, -0.05) is 6.07 Å². The van der Waals surface area contributed by atoms with Crippen LogP contribution in [-0.2, 0) is 14.3 Å². The number of rotatable bonds is 10. The summed E-state index contributed by atoms with van der Waals surface area (Å²) in [7, 11) is 3.10. The molecule has 0 aromatic heterocycles. The molecule has 29 heavy (non-hydrogen) atoms. The lowest BCUT2D eigenvalue weighted by Gasteiger charge is -2.09. The Kier molecular flexibility index (Phi) is 8.72.